The van der Waals surface area contributed by atoms with Gasteiger partial charge in [0.25, 0.3) is 0 Å². The van der Waals surface area contributed by atoms with Crippen molar-refractivity contribution in [1.29, 1.82) is 0 Å². The second-order valence-corrected chi connectivity index (χ2v) is 6.50. The summed E-state index contributed by atoms with van der Waals surface area (Å²) in [5.41, 5.74) is 4.76. The van der Waals surface area contributed by atoms with Gasteiger partial charge in [-0.05, 0) is 38.1 Å². The van der Waals surface area contributed by atoms with E-state index in [2.05, 4.69) is 48.2 Å². The molecule has 3 nitrogen and oxygen atoms in total. The molecule has 0 bridgehead atoms. The van der Waals surface area contributed by atoms with Gasteiger partial charge in [-0.15, -0.1) is 0 Å². The fourth-order valence-corrected chi connectivity index (χ4v) is 3.16. The van der Waals surface area contributed by atoms with E-state index in [-0.39, 0.29) is 5.78 Å². The molecule has 2 aromatic carbocycles. The number of Topliss-reactive ketones (excluding diaryl/α,β-unsaturated/α-hetero) is 1. The lowest BCUT2D eigenvalue weighted by Gasteiger charge is -2.33. The minimum atomic E-state index is 0.129. The zero-order valence-corrected chi connectivity index (χ0v) is 14.0. The Hall–Kier alpha value is -2.13. The molecule has 0 unspecified atom stereocenters. The summed E-state index contributed by atoms with van der Waals surface area (Å²) in [5, 5.41) is 0. The maximum absolute atomic E-state index is 11.4. The van der Waals surface area contributed by atoms with E-state index < -0.39 is 0 Å². The van der Waals surface area contributed by atoms with Crippen molar-refractivity contribution in [3.8, 4) is 0 Å². The monoisotopic (exact) mass is 309 g/mol. The Balaban J connectivity index is 1.55. The highest BCUT2D eigenvalue weighted by molar-refractivity contribution is 5.94. The molecule has 0 aromatic heterocycles. The Bertz CT molecular complexity index is 653. The van der Waals surface area contributed by atoms with Gasteiger partial charge in [0.05, 0.1) is 26.2 Å². The molecule has 1 N–H and O–H groups in total. The summed E-state index contributed by atoms with van der Waals surface area (Å²) in [6.07, 6.45) is 0. The van der Waals surface area contributed by atoms with Crippen LogP contribution in [-0.4, -0.2) is 32.0 Å². The van der Waals surface area contributed by atoms with Crippen LogP contribution in [0.1, 0.15) is 28.4 Å². The fraction of sp³-hybridized carbons (Fsp3) is 0.350. The number of anilines is 1. The molecule has 0 saturated carbocycles. The van der Waals surface area contributed by atoms with Gasteiger partial charge in [0, 0.05) is 16.8 Å². The van der Waals surface area contributed by atoms with Crippen LogP contribution in [-0.2, 0) is 6.54 Å². The van der Waals surface area contributed by atoms with Crippen LogP contribution in [0.15, 0.2) is 48.5 Å². The summed E-state index contributed by atoms with van der Waals surface area (Å²) in [5.74, 6) is 0.129. The molecule has 1 aliphatic heterocycles. The molecular formula is C20H25N2O+. The van der Waals surface area contributed by atoms with Gasteiger partial charge in [-0.3, -0.25) is 4.79 Å². The topological polar surface area (TPSA) is 24.8 Å². The normalized spacial score (nSPS) is 15.7. The molecule has 2 aromatic rings. The third-order valence-electron chi connectivity index (χ3n) is 4.68. The third kappa shape index (κ3) is 3.99. The molecule has 1 saturated heterocycles. The molecule has 0 radical (unpaired) electrons. The summed E-state index contributed by atoms with van der Waals surface area (Å²) in [4.78, 5) is 15.4. The average Bonchev–Trinajstić information content (AvgIpc) is 2.58. The number of quaternary nitrogens is 1. The smallest absolute Gasteiger partial charge is 0.159 e. The number of carbonyl (C=O) groups is 1. The number of nitrogens with one attached hydrogen (secondary N) is 1. The number of aryl methyl sites for hydroxylation is 1. The van der Waals surface area contributed by atoms with E-state index >= 15 is 0 Å². The Kier molecular flexibility index (Phi) is 4.77. The predicted molar refractivity (Wildman–Crippen MR) is 94.2 cm³/mol. The number of carbonyl (C=O) groups excluding carboxylic acids is 1. The zero-order chi connectivity index (χ0) is 16.2. The lowest BCUT2D eigenvalue weighted by atomic mass is 10.1. The van der Waals surface area contributed by atoms with Crippen molar-refractivity contribution in [1.82, 2.24) is 0 Å². The first-order valence-corrected chi connectivity index (χ1v) is 8.37. The fourth-order valence-electron chi connectivity index (χ4n) is 3.16. The molecule has 1 heterocycles. The van der Waals surface area contributed by atoms with Gasteiger partial charge in [-0.1, -0.05) is 29.8 Å². The van der Waals surface area contributed by atoms with Crippen LogP contribution >= 0.6 is 0 Å². The number of nitrogens with zero attached hydrogens (tertiary/aromatic N) is 1. The summed E-state index contributed by atoms with van der Waals surface area (Å²) in [6, 6.07) is 16.9. The first-order valence-electron chi connectivity index (χ1n) is 8.37. The van der Waals surface area contributed by atoms with Gasteiger partial charge in [0.15, 0.2) is 5.78 Å². The summed E-state index contributed by atoms with van der Waals surface area (Å²) < 4.78 is 0. The highest BCUT2D eigenvalue weighted by atomic mass is 16.1. The summed E-state index contributed by atoms with van der Waals surface area (Å²) in [7, 11) is 0. The van der Waals surface area contributed by atoms with Crippen LogP contribution in [0.3, 0.4) is 0 Å². The Morgan fingerprint density at radius 1 is 1.00 bits per heavy atom. The molecule has 3 rings (SSSR count). The van der Waals surface area contributed by atoms with Gasteiger partial charge >= 0.3 is 0 Å². The zero-order valence-electron chi connectivity index (χ0n) is 14.0. The van der Waals surface area contributed by atoms with E-state index in [9.17, 15) is 4.79 Å². The molecule has 120 valence electrons. The molecule has 0 atom stereocenters. The molecule has 23 heavy (non-hydrogen) atoms. The Morgan fingerprint density at radius 2 is 1.61 bits per heavy atom. The minimum Gasteiger partial charge on any atom is -0.360 e. The van der Waals surface area contributed by atoms with Crippen molar-refractivity contribution in [3.63, 3.8) is 0 Å². The Labute approximate surface area is 138 Å². The second kappa shape index (κ2) is 6.97. The standard InChI is InChI=1S/C20H24N2O/c1-16-3-5-18(6-4-16)15-21-11-13-22(14-12-21)20-9-7-19(8-10-20)17(2)23/h3-10H,11-15H2,1-2H3/p+1. The van der Waals surface area contributed by atoms with Crippen molar-refractivity contribution in [2.45, 2.75) is 20.4 Å². The SMILES string of the molecule is CC(=O)c1ccc(N2CC[NH+](Cc3ccc(C)cc3)CC2)cc1. The number of ketones is 1. The summed E-state index contributed by atoms with van der Waals surface area (Å²) >= 11 is 0. The van der Waals surface area contributed by atoms with E-state index in [1.807, 2.05) is 12.1 Å². The molecular weight excluding hydrogens is 284 g/mol. The van der Waals surface area contributed by atoms with E-state index in [0.29, 0.717) is 0 Å². The minimum absolute atomic E-state index is 0.129. The van der Waals surface area contributed by atoms with Crippen LogP contribution in [0.25, 0.3) is 0 Å². The van der Waals surface area contributed by atoms with Crippen molar-refractivity contribution in [3.05, 3.63) is 65.2 Å². The lowest BCUT2D eigenvalue weighted by Crippen LogP contribution is -3.13. The highest BCUT2D eigenvalue weighted by Gasteiger charge is 2.20. The van der Waals surface area contributed by atoms with Crippen molar-refractivity contribution >= 4 is 11.5 Å². The average molecular weight is 309 g/mol. The maximum atomic E-state index is 11.4. The van der Waals surface area contributed by atoms with Crippen LogP contribution in [0, 0.1) is 6.92 Å². The predicted octanol–water partition coefficient (Wildman–Crippen LogP) is 2.10. The first kappa shape index (κ1) is 15.8. The van der Waals surface area contributed by atoms with Crippen LogP contribution < -0.4 is 9.80 Å². The van der Waals surface area contributed by atoms with Gasteiger partial charge in [0.1, 0.15) is 6.54 Å². The molecule has 0 amide bonds. The van der Waals surface area contributed by atoms with Crippen LogP contribution in [0.4, 0.5) is 5.69 Å². The number of hydrogen-bond donors (Lipinski definition) is 1. The van der Waals surface area contributed by atoms with E-state index in [1.54, 1.807) is 11.8 Å². The maximum Gasteiger partial charge on any atom is 0.159 e. The van der Waals surface area contributed by atoms with E-state index in [4.69, 9.17) is 0 Å². The molecule has 1 aliphatic rings. The van der Waals surface area contributed by atoms with E-state index in [0.717, 1.165) is 38.3 Å². The molecule has 1 fully saturated rings. The lowest BCUT2D eigenvalue weighted by molar-refractivity contribution is -0.914. The molecule has 0 aliphatic carbocycles. The second-order valence-electron chi connectivity index (χ2n) is 6.50. The van der Waals surface area contributed by atoms with Crippen LogP contribution in [0.2, 0.25) is 0 Å². The molecule has 0 spiro atoms. The third-order valence-corrected chi connectivity index (χ3v) is 4.68. The summed E-state index contributed by atoms with van der Waals surface area (Å²) in [6.45, 7) is 9.30. The van der Waals surface area contributed by atoms with Gasteiger partial charge in [-0.2, -0.15) is 0 Å². The van der Waals surface area contributed by atoms with Crippen LogP contribution in [0.5, 0.6) is 0 Å². The number of piperazine rings is 1. The van der Waals surface area contributed by atoms with Gasteiger partial charge in [0.2, 0.25) is 0 Å². The van der Waals surface area contributed by atoms with E-state index in [1.165, 1.54) is 16.8 Å². The first-order chi connectivity index (χ1) is 11.1. The quantitative estimate of drug-likeness (QED) is 0.875. The van der Waals surface area contributed by atoms with Crippen molar-refractivity contribution in [2.24, 2.45) is 0 Å². The van der Waals surface area contributed by atoms with Gasteiger partial charge < -0.3 is 9.80 Å². The number of rotatable bonds is 4. The number of hydrogen-bond acceptors (Lipinski definition) is 2. The van der Waals surface area contributed by atoms with Crippen molar-refractivity contribution in [2.75, 3.05) is 31.1 Å². The van der Waals surface area contributed by atoms with Crippen molar-refractivity contribution < 1.29 is 9.69 Å². The number of benzene rings is 2. The van der Waals surface area contributed by atoms with Gasteiger partial charge in [-0.25, -0.2) is 0 Å². The largest absolute Gasteiger partial charge is 0.360 e. The highest BCUT2D eigenvalue weighted by Crippen LogP contribution is 2.15. The molecule has 3 heteroatoms. The Morgan fingerprint density at radius 3 is 2.17 bits per heavy atom.